The van der Waals surface area contributed by atoms with E-state index in [-0.39, 0.29) is 0 Å². The Kier molecular flexibility index (Phi) is 4.88. The lowest BCUT2D eigenvalue weighted by molar-refractivity contribution is 0.171. The summed E-state index contributed by atoms with van der Waals surface area (Å²) in [6.45, 7) is 1.89. The Hall–Kier alpha value is -4.32. The van der Waals surface area contributed by atoms with Gasteiger partial charge in [0.15, 0.2) is 11.5 Å². The lowest BCUT2D eigenvalue weighted by Crippen LogP contribution is -2.15. The van der Waals surface area contributed by atoms with Crippen molar-refractivity contribution in [3.8, 4) is 22.8 Å². The lowest BCUT2D eigenvalue weighted by atomic mass is 10.2. The number of ether oxygens (including phenoxy) is 2. The van der Waals surface area contributed by atoms with Gasteiger partial charge < -0.3 is 19.4 Å². The molecule has 0 radical (unpaired) electrons. The number of nitrogens with zero attached hydrogens (tertiary/aromatic N) is 3. The van der Waals surface area contributed by atoms with E-state index in [9.17, 15) is 0 Å². The minimum atomic E-state index is 0.560. The Bertz CT molecular complexity index is 1410. The highest BCUT2D eigenvalue weighted by atomic mass is 16.6. The summed E-state index contributed by atoms with van der Waals surface area (Å²) in [5.74, 6) is 2.29. The van der Waals surface area contributed by atoms with Crippen LogP contribution in [0.4, 0.5) is 11.5 Å². The van der Waals surface area contributed by atoms with Crippen molar-refractivity contribution in [2.24, 2.45) is 0 Å². The molecule has 33 heavy (non-hydrogen) atoms. The zero-order valence-corrected chi connectivity index (χ0v) is 17.9. The van der Waals surface area contributed by atoms with E-state index < -0.39 is 0 Å². The molecule has 5 aromatic rings. The fraction of sp³-hybridized carbons (Fsp3) is 0.111. The predicted molar refractivity (Wildman–Crippen MR) is 129 cm³/mol. The highest BCUT2D eigenvalue weighted by Crippen LogP contribution is 2.34. The minimum Gasteiger partial charge on any atom is -0.486 e. The van der Waals surface area contributed by atoms with Gasteiger partial charge in [0, 0.05) is 53.9 Å². The maximum atomic E-state index is 5.71. The highest BCUT2D eigenvalue weighted by molar-refractivity contribution is 5.88. The van der Waals surface area contributed by atoms with Crippen molar-refractivity contribution >= 4 is 22.4 Å². The van der Waals surface area contributed by atoms with Gasteiger partial charge in [-0.05, 0) is 35.9 Å². The molecule has 162 valence electrons. The third-order valence-electron chi connectivity index (χ3n) is 5.74. The summed E-state index contributed by atoms with van der Waals surface area (Å²) in [5, 5.41) is 4.49. The molecule has 4 heterocycles. The Morgan fingerprint density at radius 1 is 0.848 bits per heavy atom. The molecule has 6 heteroatoms. The van der Waals surface area contributed by atoms with Crippen LogP contribution in [0.2, 0.25) is 0 Å². The van der Waals surface area contributed by atoms with Gasteiger partial charge in [0.2, 0.25) is 0 Å². The van der Waals surface area contributed by atoms with Crippen LogP contribution in [0.5, 0.6) is 11.5 Å². The molecule has 0 fully saturated rings. The van der Waals surface area contributed by atoms with Gasteiger partial charge in [0.25, 0.3) is 0 Å². The first-order valence-corrected chi connectivity index (χ1v) is 10.9. The number of nitrogens with one attached hydrogen (secondary N) is 1. The fourth-order valence-electron chi connectivity index (χ4n) is 4.18. The van der Waals surface area contributed by atoms with Crippen molar-refractivity contribution in [2.45, 2.75) is 6.54 Å². The van der Waals surface area contributed by atoms with Crippen LogP contribution < -0.4 is 14.8 Å². The molecule has 0 unspecified atom stereocenters. The van der Waals surface area contributed by atoms with Gasteiger partial charge in [-0.25, -0.2) is 4.98 Å². The van der Waals surface area contributed by atoms with E-state index in [1.807, 2.05) is 42.7 Å². The van der Waals surface area contributed by atoms with Crippen LogP contribution in [0.15, 0.2) is 91.4 Å². The summed E-state index contributed by atoms with van der Waals surface area (Å²) in [6.07, 6.45) is 5.61. The average Bonchev–Trinajstić information content (AvgIpc) is 3.23. The van der Waals surface area contributed by atoms with Crippen LogP contribution in [0, 0.1) is 0 Å². The zero-order valence-electron chi connectivity index (χ0n) is 17.9. The van der Waals surface area contributed by atoms with Gasteiger partial charge >= 0.3 is 0 Å². The standard InChI is InChI=1S/C27H22N4O2/c1-2-5-19(6-3-1)18-31-23(20-7-4-10-28-16-20)13-21-17-29-27(15-24(21)31)30-22-8-9-25-26(14-22)33-12-11-32-25/h1-10,13-17H,11-12,18H2,(H,29,30). The van der Waals surface area contributed by atoms with Gasteiger partial charge in [0.1, 0.15) is 19.0 Å². The van der Waals surface area contributed by atoms with Crippen LogP contribution in [0.1, 0.15) is 5.56 Å². The second-order valence-corrected chi connectivity index (χ2v) is 7.95. The fourth-order valence-corrected chi connectivity index (χ4v) is 4.18. The van der Waals surface area contributed by atoms with Gasteiger partial charge in [-0.1, -0.05) is 30.3 Å². The number of aromatic nitrogens is 3. The number of hydrogen-bond acceptors (Lipinski definition) is 5. The molecule has 3 aromatic heterocycles. The third kappa shape index (κ3) is 3.87. The molecule has 0 saturated carbocycles. The van der Waals surface area contributed by atoms with Gasteiger partial charge in [0.05, 0.1) is 11.2 Å². The molecule has 1 aliphatic heterocycles. The number of pyridine rings is 2. The molecule has 1 N–H and O–H groups in total. The predicted octanol–water partition coefficient (Wildman–Crippen LogP) is 5.66. The topological polar surface area (TPSA) is 61.2 Å². The maximum Gasteiger partial charge on any atom is 0.163 e. The van der Waals surface area contributed by atoms with E-state index in [0.717, 1.165) is 51.7 Å². The SMILES string of the molecule is c1ccc(Cn2c(-c3cccnc3)cc3cnc(Nc4ccc5c(c4)OCCO5)cc32)cc1. The van der Waals surface area contributed by atoms with Crippen molar-refractivity contribution in [2.75, 3.05) is 18.5 Å². The normalized spacial score (nSPS) is 12.6. The molecule has 1 aliphatic rings. The quantitative estimate of drug-likeness (QED) is 0.387. The Morgan fingerprint density at radius 3 is 2.58 bits per heavy atom. The van der Waals surface area contributed by atoms with E-state index in [0.29, 0.717) is 13.2 Å². The summed E-state index contributed by atoms with van der Waals surface area (Å²) < 4.78 is 13.7. The molecular weight excluding hydrogens is 412 g/mol. The van der Waals surface area contributed by atoms with E-state index in [1.165, 1.54) is 5.56 Å². The smallest absolute Gasteiger partial charge is 0.163 e. The first kappa shape index (κ1) is 19.4. The van der Waals surface area contributed by atoms with Crippen molar-refractivity contribution in [1.29, 1.82) is 0 Å². The summed E-state index contributed by atoms with van der Waals surface area (Å²) in [7, 11) is 0. The van der Waals surface area contributed by atoms with Gasteiger partial charge in [-0.3, -0.25) is 4.98 Å². The summed E-state index contributed by atoms with van der Waals surface area (Å²) in [5.41, 5.74) is 5.43. The van der Waals surface area contributed by atoms with Crippen LogP contribution in [0.25, 0.3) is 22.2 Å². The van der Waals surface area contributed by atoms with Crippen molar-refractivity contribution < 1.29 is 9.47 Å². The molecular formula is C27H22N4O2. The molecule has 2 aromatic carbocycles. The number of hydrogen-bond donors (Lipinski definition) is 1. The number of fused-ring (bicyclic) bond motifs is 2. The largest absolute Gasteiger partial charge is 0.486 e. The van der Waals surface area contributed by atoms with Crippen LogP contribution >= 0.6 is 0 Å². The molecule has 0 amide bonds. The number of anilines is 2. The van der Waals surface area contributed by atoms with Crippen molar-refractivity contribution in [3.05, 3.63) is 97.0 Å². The van der Waals surface area contributed by atoms with Crippen molar-refractivity contribution in [1.82, 2.24) is 14.5 Å². The Labute approximate surface area is 191 Å². The highest BCUT2D eigenvalue weighted by Gasteiger charge is 2.15. The number of benzene rings is 2. The molecule has 6 nitrogen and oxygen atoms in total. The molecule has 6 rings (SSSR count). The Balaban J connectivity index is 1.41. The van der Waals surface area contributed by atoms with Crippen LogP contribution in [-0.2, 0) is 6.54 Å². The molecule has 0 aliphatic carbocycles. The summed E-state index contributed by atoms with van der Waals surface area (Å²) in [4.78, 5) is 8.98. The van der Waals surface area contributed by atoms with E-state index in [1.54, 1.807) is 6.20 Å². The van der Waals surface area contributed by atoms with Crippen LogP contribution in [0.3, 0.4) is 0 Å². The minimum absolute atomic E-state index is 0.560. The second-order valence-electron chi connectivity index (χ2n) is 7.95. The number of rotatable bonds is 5. The van der Waals surface area contributed by atoms with Gasteiger partial charge in [-0.15, -0.1) is 0 Å². The Morgan fingerprint density at radius 2 is 1.73 bits per heavy atom. The molecule has 0 saturated heterocycles. The monoisotopic (exact) mass is 434 g/mol. The van der Waals surface area contributed by atoms with Crippen LogP contribution in [-0.4, -0.2) is 27.7 Å². The van der Waals surface area contributed by atoms with E-state index in [2.05, 4.69) is 62.3 Å². The van der Waals surface area contributed by atoms with E-state index in [4.69, 9.17) is 9.47 Å². The summed E-state index contributed by atoms with van der Waals surface area (Å²) in [6, 6.07) is 24.6. The first-order chi connectivity index (χ1) is 16.3. The van der Waals surface area contributed by atoms with Crippen molar-refractivity contribution in [3.63, 3.8) is 0 Å². The van der Waals surface area contributed by atoms with E-state index >= 15 is 0 Å². The molecule has 0 bridgehead atoms. The van der Waals surface area contributed by atoms with Gasteiger partial charge in [-0.2, -0.15) is 0 Å². The zero-order chi connectivity index (χ0) is 22.0. The molecule has 0 atom stereocenters. The lowest BCUT2D eigenvalue weighted by Gasteiger charge is -2.19. The summed E-state index contributed by atoms with van der Waals surface area (Å²) >= 11 is 0. The maximum absolute atomic E-state index is 5.71. The average molecular weight is 434 g/mol. The first-order valence-electron chi connectivity index (χ1n) is 10.9. The third-order valence-corrected chi connectivity index (χ3v) is 5.74. The second kappa shape index (κ2) is 8.31. The molecule has 0 spiro atoms.